The topological polar surface area (TPSA) is 83.2 Å². The Kier molecular flexibility index (Phi) is 4.52. The Morgan fingerprint density at radius 2 is 1.82 bits per heavy atom. The van der Waals surface area contributed by atoms with Crippen molar-refractivity contribution in [2.75, 3.05) is 0 Å². The van der Waals surface area contributed by atoms with Gasteiger partial charge in [0, 0.05) is 23.7 Å². The standard InChI is InChI=1S/C21H15FN6/c1-28-20(15-5-3-2-4-6-15)26-27-21(28)16(12-23)11-17-13-24-25-19(17)14-7-9-18(22)10-8-14/h2-11,13H,1H3,(H,24,25)/b16-11+. The zero-order chi connectivity index (χ0) is 19.5. The second-order valence-electron chi connectivity index (χ2n) is 6.15. The molecule has 0 fully saturated rings. The molecular formula is C21H15FN6. The van der Waals surface area contributed by atoms with Crippen LogP contribution in [0.25, 0.3) is 34.3 Å². The third-order valence-corrected chi connectivity index (χ3v) is 4.37. The van der Waals surface area contributed by atoms with E-state index < -0.39 is 0 Å². The van der Waals surface area contributed by atoms with Crippen molar-refractivity contribution in [1.29, 1.82) is 5.26 Å². The van der Waals surface area contributed by atoms with Crippen LogP contribution >= 0.6 is 0 Å². The van der Waals surface area contributed by atoms with Crippen LogP contribution in [0, 0.1) is 17.1 Å². The molecule has 6 nitrogen and oxygen atoms in total. The predicted octanol–water partition coefficient (Wildman–Crippen LogP) is 4.08. The highest BCUT2D eigenvalue weighted by Crippen LogP contribution is 2.26. The lowest BCUT2D eigenvalue weighted by Crippen LogP contribution is -1.98. The number of aromatic amines is 1. The van der Waals surface area contributed by atoms with E-state index in [9.17, 15) is 9.65 Å². The number of hydrogen-bond donors (Lipinski definition) is 1. The van der Waals surface area contributed by atoms with Crippen LogP contribution < -0.4 is 0 Å². The quantitative estimate of drug-likeness (QED) is 0.549. The zero-order valence-corrected chi connectivity index (χ0v) is 15.0. The SMILES string of the molecule is Cn1c(/C(C#N)=C/c2cn[nH]c2-c2ccc(F)cc2)nnc1-c1ccccc1. The minimum Gasteiger partial charge on any atom is -0.310 e. The average Bonchev–Trinajstić information content (AvgIpc) is 3.34. The molecule has 7 heteroatoms. The van der Waals surface area contributed by atoms with Gasteiger partial charge in [0.2, 0.25) is 0 Å². The number of nitriles is 1. The molecule has 4 rings (SSSR count). The summed E-state index contributed by atoms with van der Waals surface area (Å²) in [6.45, 7) is 0. The Morgan fingerprint density at radius 1 is 1.07 bits per heavy atom. The third kappa shape index (κ3) is 3.19. The molecule has 0 saturated heterocycles. The smallest absolute Gasteiger partial charge is 0.174 e. The average molecular weight is 370 g/mol. The minimum absolute atomic E-state index is 0.314. The van der Waals surface area contributed by atoms with E-state index in [-0.39, 0.29) is 5.82 Å². The molecule has 0 aliphatic heterocycles. The monoisotopic (exact) mass is 370 g/mol. The second kappa shape index (κ2) is 7.29. The van der Waals surface area contributed by atoms with Crippen molar-refractivity contribution in [2.45, 2.75) is 0 Å². The van der Waals surface area contributed by atoms with Gasteiger partial charge in [-0.1, -0.05) is 30.3 Å². The summed E-state index contributed by atoms with van der Waals surface area (Å²) < 4.78 is 15.0. The highest BCUT2D eigenvalue weighted by atomic mass is 19.1. The van der Waals surface area contributed by atoms with E-state index in [0.29, 0.717) is 28.5 Å². The first-order valence-electron chi connectivity index (χ1n) is 8.53. The first kappa shape index (κ1) is 17.4. The van der Waals surface area contributed by atoms with Crippen LogP contribution in [0.1, 0.15) is 11.4 Å². The van der Waals surface area contributed by atoms with Crippen LogP contribution in [0.5, 0.6) is 0 Å². The van der Waals surface area contributed by atoms with Gasteiger partial charge in [-0.25, -0.2) is 4.39 Å². The maximum absolute atomic E-state index is 13.2. The van der Waals surface area contributed by atoms with Crippen LogP contribution in [-0.2, 0) is 7.05 Å². The van der Waals surface area contributed by atoms with Crippen LogP contribution in [-0.4, -0.2) is 25.0 Å². The molecule has 28 heavy (non-hydrogen) atoms. The molecule has 0 unspecified atom stereocenters. The summed E-state index contributed by atoms with van der Waals surface area (Å²) in [7, 11) is 1.82. The van der Waals surface area contributed by atoms with Crippen molar-refractivity contribution >= 4 is 11.6 Å². The third-order valence-electron chi connectivity index (χ3n) is 4.37. The summed E-state index contributed by atoms with van der Waals surface area (Å²) in [4.78, 5) is 0. The number of aromatic nitrogens is 5. The predicted molar refractivity (Wildman–Crippen MR) is 104 cm³/mol. The largest absolute Gasteiger partial charge is 0.310 e. The van der Waals surface area contributed by atoms with Gasteiger partial charge in [0.1, 0.15) is 11.9 Å². The van der Waals surface area contributed by atoms with E-state index in [4.69, 9.17) is 0 Å². The highest BCUT2D eigenvalue weighted by molar-refractivity contribution is 5.90. The van der Waals surface area contributed by atoms with Gasteiger partial charge in [0.25, 0.3) is 0 Å². The van der Waals surface area contributed by atoms with Gasteiger partial charge in [-0.2, -0.15) is 10.4 Å². The first-order valence-corrected chi connectivity index (χ1v) is 8.53. The maximum Gasteiger partial charge on any atom is 0.174 e. The number of halogens is 1. The molecule has 0 amide bonds. The number of nitrogens with zero attached hydrogens (tertiary/aromatic N) is 5. The zero-order valence-electron chi connectivity index (χ0n) is 15.0. The summed E-state index contributed by atoms with van der Waals surface area (Å²) in [5, 5.41) is 25.1. The molecule has 136 valence electrons. The summed E-state index contributed by atoms with van der Waals surface area (Å²) in [5.41, 5.74) is 3.43. The van der Waals surface area contributed by atoms with Crippen molar-refractivity contribution < 1.29 is 4.39 Å². The number of nitrogens with one attached hydrogen (secondary N) is 1. The first-order chi connectivity index (χ1) is 13.7. The van der Waals surface area contributed by atoms with E-state index in [1.54, 1.807) is 29.0 Å². The van der Waals surface area contributed by atoms with E-state index in [0.717, 1.165) is 11.1 Å². The minimum atomic E-state index is -0.314. The second-order valence-corrected chi connectivity index (χ2v) is 6.15. The van der Waals surface area contributed by atoms with E-state index in [1.807, 2.05) is 37.4 Å². The normalized spacial score (nSPS) is 11.4. The van der Waals surface area contributed by atoms with Gasteiger partial charge in [-0.05, 0) is 30.3 Å². The number of H-pyrrole nitrogens is 1. The molecular weight excluding hydrogens is 355 g/mol. The van der Waals surface area contributed by atoms with Gasteiger partial charge in [0.05, 0.1) is 17.5 Å². The fraction of sp³-hybridized carbons (Fsp3) is 0.0476. The molecule has 2 aromatic carbocycles. The Labute approximate surface area is 160 Å². The lowest BCUT2D eigenvalue weighted by Gasteiger charge is -2.04. The number of rotatable bonds is 4. The van der Waals surface area contributed by atoms with Crippen LogP contribution in [0.4, 0.5) is 4.39 Å². The fourth-order valence-corrected chi connectivity index (χ4v) is 2.96. The van der Waals surface area contributed by atoms with Gasteiger partial charge in [0.15, 0.2) is 11.6 Å². The summed E-state index contributed by atoms with van der Waals surface area (Å²) in [5.74, 6) is 0.806. The Bertz CT molecular complexity index is 1180. The molecule has 0 spiro atoms. The van der Waals surface area contributed by atoms with Crippen molar-refractivity contribution in [3.8, 4) is 28.7 Å². The van der Waals surface area contributed by atoms with Crippen LogP contribution in [0.15, 0.2) is 60.8 Å². The van der Waals surface area contributed by atoms with Crippen LogP contribution in [0.3, 0.4) is 0 Å². The van der Waals surface area contributed by atoms with Gasteiger partial charge >= 0.3 is 0 Å². The molecule has 2 aromatic heterocycles. The fourth-order valence-electron chi connectivity index (χ4n) is 2.96. The number of hydrogen-bond acceptors (Lipinski definition) is 4. The Morgan fingerprint density at radius 3 is 2.54 bits per heavy atom. The van der Waals surface area contributed by atoms with Crippen molar-refractivity contribution in [2.24, 2.45) is 7.05 Å². The van der Waals surface area contributed by atoms with Crippen molar-refractivity contribution in [1.82, 2.24) is 25.0 Å². The molecule has 4 aromatic rings. The van der Waals surface area contributed by atoms with Crippen molar-refractivity contribution in [3.63, 3.8) is 0 Å². The Hall–Kier alpha value is -4.05. The van der Waals surface area contributed by atoms with Gasteiger partial charge < -0.3 is 4.57 Å². The summed E-state index contributed by atoms with van der Waals surface area (Å²) in [6.07, 6.45) is 3.31. The lowest BCUT2D eigenvalue weighted by atomic mass is 10.1. The molecule has 0 radical (unpaired) electrons. The van der Waals surface area contributed by atoms with E-state index >= 15 is 0 Å². The summed E-state index contributed by atoms with van der Waals surface area (Å²) in [6, 6.07) is 17.9. The highest BCUT2D eigenvalue weighted by Gasteiger charge is 2.16. The molecule has 0 aliphatic rings. The van der Waals surface area contributed by atoms with E-state index in [2.05, 4.69) is 26.5 Å². The van der Waals surface area contributed by atoms with Gasteiger partial charge in [-0.15, -0.1) is 10.2 Å². The Balaban J connectivity index is 1.75. The van der Waals surface area contributed by atoms with Crippen molar-refractivity contribution in [3.05, 3.63) is 78.0 Å². The number of allylic oxidation sites excluding steroid dienone is 1. The van der Waals surface area contributed by atoms with E-state index in [1.165, 1.54) is 12.1 Å². The van der Waals surface area contributed by atoms with Crippen LogP contribution in [0.2, 0.25) is 0 Å². The van der Waals surface area contributed by atoms with Gasteiger partial charge in [-0.3, -0.25) is 5.10 Å². The number of benzene rings is 2. The molecule has 1 N–H and O–H groups in total. The molecule has 0 aliphatic carbocycles. The molecule has 0 atom stereocenters. The maximum atomic E-state index is 13.2. The summed E-state index contributed by atoms with van der Waals surface area (Å²) >= 11 is 0. The molecule has 0 bridgehead atoms. The molecule has 0 saturated carbocycles. The lowest BCUT2D eigenvalue weighted by molar-refractivity contribution is 0.628. The molecule has 2 heterocycles.